The number of amides is 1. The minimum Gasteiger partial charge on any atom is -0.497 e. The quantitative estimate of drug-likeness (QED) is 0.582. The first-order valence-corrected chi connectivity index (χ1v) is 9.40. The molecule has 0 bridgehead atoms. The smallest absolute Gasteiger partial charge is 0.350 e. The molecule has 2 aromatic rings. The van der Waals surface area contributed by atoms with Crippen molar-refractivity contribution in [3.05, 3.63) is 34.8 Å². The number of rotatable bonds is 7. The highest BCUT2D eigenvalue weighted by atomic mass is 32.2. The third kappa shape index (κ3) is 5.20. The molecule has 0 radical (unpaired) electrons. The summed E-state index contributed by atoms with van der Waals surface area (Å²) in [5, 5.41) is 2.84. The number of thiazole rings is 1. The van der Waals surface area contributed by atoms with Crippen molar-refractivity contribution in [3.8, 4) is 5.75 Å². The molecule has 1 heterocycles. The molecule has 1 aromatic carbocycles. The van der Waals surface area contributed by atoms with E-state index in [0.717, 1.165) is 22.0 Å². The fourth-order valence-electron chi connectivity index (χ4n) is 1.95. The number of methoxy groups -OCH3 is 1. The summed E-state index contributed by atoms with van der Waals surface area (Å²) in [5.41, 5.74) is 0.550. The van der Waals surface area contributed by atoms with Crippen LogP contribution in [0.5, 0.6) is 5.75 Å². The Kier molecular flexibility index (Phi) is 6.83. The van der Waals surface area contributed by atoms with Gasteiger partial charge in [0.05, 0.1) is 24.7 Å². The summed E-state index contributed by atoms with van der Waals surface area (Å²) in [6.07, 6.45) is 0. The van der Waals surface area contributed by atoms with Gasteiger partial charge < -0.3 is 14.8 Å². The number of nitrogens with one attached hydrogen (secondary N) is 1. The lowest BCUT2D eigenvalue weighted by molar-refractivity contribution is -0.115. The van der Waals surface area contributed by atoms with Gasteiger partial charge >= 0.3 is 5.97 Å². The number of aryl methyl sites for hydroxylation is 1. The van der Waals surface area contributed by atoms with Gasteiger partial charge in [-0.25, -0.2) is 9.78 Å². The molecule has 0 spiro atoms. The first-order valence-electron chi connectivity index (χ1n) is 7.70. The Morgan fingerprint density at radius 2 is 2.00 bits per heavy atom. The number of aromatic nitrogens is 1. The van der Waals surface area contributed by atoms with Crippen molar-refractivity contribution in [2.45, 2.75) is 30.9 Å². The van der Waals surface area contributed by atoms with Gasteiger partial charge in [-0.2, -0.15) is 0 Å². The Morgan fingerprint density at radius 3 is 2.60 bits per heavy atom. The molecular formula is C17H20N2O4S2. The minimum atomic E-state index is -0.418. The molecule has 1 unspecified atom stereocenters. The van der Waals surface area contributed by atoms with Crippen molar-refractivity contribution in [2.24, 2.45) is 0 Å². The van der Waals surface area contributed by atoms with E-state index in [9.17, 15) is 9.59 Å². The van der Waals surface area contributed by atoms with E-state index in [1.165, 1.54) is 11.8 Å². The van der Waals surface area contributed by atoms with Crippen molar-refractivity contribution in [3.63, 3.8) is 0 Å². The molecule has 134 valence electrons. The van der Waals surface area contributed by atoms with Gasteiger partial charge in [-0.1, -0.05) is 11.3 Å². The van der Waals surface area contributed by atoms with Gasteiger partial charge in [0.25, 0.3) is 0 Å². The zero-order valence-corrected chi connectivity index (χ0v) is 16.1. The van der Waals surface area contributed by atoms with E-state index in [4.69, 9.17) is 9.47 Å². The summed E-state index contributed by atoms with van der Waals surface area (Å²) < 4.78 is 10.1. The second kappa shape index (κ2) is 8.87. The number of hydrogen-bond acceptors (Lipinski definition) is 7. The van der Waals surface area contributed by atoms with E-state index in [0.29, 0.717) is 22.3 Å². The van der Waals surface area contributed by atoms with Gasteiger partial charge in [-0.05, 0) is 45.0 Å². The number of hydrogen-bond donors (Lipinski definition) is 1. The van der Waals surface area contributed by atoms with Crippen LogP contribution >= 0.6 is 23.1 Å². The van der Waals surface area contributed by atoms with E-state index in [2.05, 4.69) is 10.3 Å². The maximum absolute atomic E-state index is 12.3. The van der Waals surface area contributed by atoms with E-state index in [1.54, 1.807) is 21.0 Å². The van der Waals surface area contributed by atoms with Crippen LogP contribution in [-0.2, 0) is 9.53 Å². The highest BCUT2D eigenvalue weighted by Crippen LogP contribution is 2.28. The first-order chi connectivity index (χ1) is 11.9. The molecular weight excluding hydrogens is 360 g/mol. The van der Waals surface area contributed by atoms with Gasteiger partial charge in [-0.3, -0.25) is 4.79 Å². The molecule has 2 rings (SSSR count). The average Bonchev–Trinajstić information content (AvgIpc) is 2.96. The second-order valence-electron chi connectivity index (χ2n) is 5.08. The monoisotopic (exact) mass is 380 g/mol. The average molecular weight is 380 g/mol. The van der Waals surface area contributed by atoms with Gasteiger partial charge in [0.15, 0.2) is 5.13 Å². The highest BCUT2D eigenvalue weighted by Gasteiger charge is 2.20. The molecule has 1 N–H and O–H groups in total. The number of esters is 1. The lowest BCUT2D eigenvalue weighted by Gasteiger charge is -2.10. The van der Waals surface area contributed by atoms with E-state index >= 15 is 0 Å². The molecule has 0 saturated heterocycles. The first kappa shape index (κ1) is 19.3. The maximum atomic E-state index is 12.3. The molecule has 0 saturated carbocycles. The summed E-state index contributed by atoms with van der Waals surface area (Å²) in [4.78, 5) is 29.8. The largest absolute Gasteiger partial charge is 0.497 e. The number of ether oxygens (including phenoxy) is 2. The molecule has 1 atom stereocenters. The molecule has 1 amide bonds. The fraction of sp³-hybridized carbons (Fsp3) is 0.353. The van der Waals surface area contributed by atoms with E-state index < -0.39 is 5.97 Å². The van der Waals surface area contributed by atoms with Crippen LogP contribution in [0.4, 0.5) is 5.13 Å². The zero-order valence-electron chi connectivity index (χ0n) is 14.5. The molecule has 6 nitrogen and oxygen atoms in total. The van der Waals surface area contributed by atoms with Crippen molar-refractivity contribution in [1.82, 2.24) is 4.98 Å². The van der Waals surface area contributed by atoms with Crippen molar-refractivity contribution in [2.75, 3.05) is 19.0 Å². The SMILES string of the molecule is CCOC(=O)c1sc(NC(=O)C(C)Sc2ccc(OC)cc2)nc1C. The highest BCUT2D eigenvalue weighted by molar-refractivity contribution is 8.00. The molecule has 0 fully saturated rings. The predicted octanol–water partition coefficient (Wildman–Crippen LogP) is 3.76. The second-order valence-corrected chi connectivity index (χ2v) is 7.49. The molecule has 8 heteroatoms. The Labute approximate surface area is 154 Å². The Hall–Kier alpha value is -2.06. The Balaban J connectivity index is 1.98. The van der Waals surface area contributed by atoms with Crippen LogP contribution in [0.25, 0.3) is 0 Å². The van der Waals surface area contributed by atoms with Gasteiger partial charge in [0.1, 0.15) is 10.6 Å². The summed E-state index contributed by atoms with van der Waals surface area (Å²) >= 11 is 2.55. The van der Waals surface area contributed by atoms with Gasteiger partial charge in [0, 0.05) is 4.90 Å². The van der Waals surface area contributed by atoms with Crippen LogP contribution in [0.2, 0.25) is 0 Å². The fourth-order valence-corrected chi connectivity index (χ4v) is 3.69. The van der Waals surface area contributed by atoms with Gasteiger partial charge in [0.2, 0.25) is 5.91 Å². The molecule has 1 aromatic heterocycles. The minimum absolute atomic E-state index is 0.176. The number of nitrogens with zero attached hydrogens (tertiary/aromatic N) is 1. The van der Waals surface area contributed by atoms with Crippen LogP contribution in [0, 0.1) is 6.92 Å². The third-order valence-corrected chi connectivity index (χ3v) is 5.39. The Morgan fingerprint density at radius 1 is 1.32 bits per heavy atom. The van der Waals surface area contributed by atoms with Crippen LogP contribution in [0.3, 0.4) is 0 Å². The van der Waals surface area contributed by atoms with Crippen LogP contribution in [0.1, 0.15) is 29.2 Å². The van der Waals surface area contributed by atoms with Crippen molar-refractivity contribution in [1.29, 1.82) is 0 Å². The number of anilines is 1. The number of carbonyl (C=O) groups excluding carboxylic acids is 2. The number of thioether (sulfide) groups is 1. The third-order valence-electron chi connectivity index (χ3n) is 3.23. The van der Waals surface area contributed by atoms with E-state index in [-0.39, 0.29) is 11.2 Å². The molecule has 0 aliphatic carbocycles. The Bertz CT molecular complexity index is 744. The van der Waals surface area contributed by atoms with Crippen LogP contribution in [0.15, 0.2) is 29.2 Å². The standard InChI is InChI=1S/C17H20N2O4S2/c1-5-23-16(21)14-10(2)18-17(25-14)19-15(20)11(3)24-13-8-6-12(22-4)7-9-13/h6-9,11H,5H2,1-4H3,(H,18,19,20). The normalized spacial score (nSPS) is 11.7. The maximum Gasteiger partial charge on any atom is 0.350 e. The topological polar surface area (TPSA) is 77.5 Å². The molecule has 0 aliphatic rings. The summed E-state index contributed by atoms with van der Waals surface area (Å²) in [5.74, 6) is 0.176. The lowest BCUT2D eigenvalue weighted by atomic mass is 10.3. The number of benzene rings is 1. The van der Waals surface area contributed by atoms with Crippen molar-refractivity contribution >= 4 is 40.1 Å². The number of carbonyl (C=O) groups is 2. The van der Waals surface area contributed by atoms with Crippen molar-refractivity contribution < 1.29 is 19.1 Å². The van der Waals surface area contributed by atoms with E-state index in [1.807, 2.05) is 31.2 Å². The van der Waals surface area contributed by atoms with Crippen LogP contribution in [-0.4, -0.2) is 35.8 Å². The van der Waals surface area contributed by atoms with Crippen LogP contribution < -0.4 is 10.1 Å². The summed E-state index contributed by atoms with van der Waals surface area (Å²) in [6, 6.07) is 7.50. The lowest BCUT2D eigenvalue weighted by Crippen LogP contribution is -2.22. The summed E-state index contributed by atoms with van der Waals surface area (Å²) in [6.45, 7) is 5.58. The molecule has 0 aliphatic heterocycles. The summed E-state index contributed by atoms with van der Waals surface area (Å²) in [7, 11) is 1.61. The predicted molar refractivity (Wildman–Crippen MR) is 99.8 cm³/mol. The van der Waals surface area contributed by atoms with Gasteiger partial charge in [-0.15, -0.1) is 11.8 Å². The zero-order chi connectivity index (χ0) is 18.4. The molecule has 25 heavy (non-hydrogen) atoms.